The molecule has 0 unspecified atom stereocenters. The number of nitro benzene ring substituents is 1. The smallest absolute Gasteiger partial charge is 0.386 e. The molecule has 7 nitrogen and oxygen atoms in total. The molecular weight excluding hydrogens is 381 g/mol. The van der Waals surface area contributed by atoms with Crippen molar-refractivity contribution in [2.75, 3.05) is 0 Å². The average Bonchev–Trinajstić information content (AvgIpc) is 2.66. The quantitative estimate of drug-likeness (QED) is 0.281. The van der Waals surface area contributed by atoms with Crippen molar-refractivity contribution in [3.63, 3.8) is 0 Å². The Labute approximate surface area is 162 Å². The van der Waals surface area contributed by atoms with Gasteiger partial charge < -0.3 is 13.6 Å². The third-order valence-electron chi connectivity index (χ3n) is 3.74. The normalized spacial score (nSPS) is 10.9. The molecule has 0 spiro atoms. The summed E-state index contributed by atoms with van der Waals surface area (Å²) in [6.07, 6.45) is 0. The SMILES string of the molecule is Cc1ccc(OP(=O)(Oc2ccc(C)cc2)Oc2ccc([N+](=O)[O-])cc2)cc1. The summed E-state index contributed by atoms with van der Waals surface area (Å²) in [5, 5.41) is 10.8. The van der Waals surface area contributed by atoms with E-state index in [-0.39, 0.29) is 11.4 Å². The molecule has 3 aromatic carbocycles. The maximum atomic E-state index is 13.3. The van der Waals surface area contributed by atoms with Crippen molar-refractivity contribution in [3.05, 3.63) is 94.0 Å². The first-order chi connectivity index (χ1) is 13.3. The van der Waals surface area contributed by atoms with Gasteiger partial charge in [0, 0.05) is 12.1 Å². The highest BCUT2D eigenvalue weighted by molar-refractivity contribution is 7.49. The molecule has 0 bridgehead atoms. The van der Waals surface area contributed by atoms with Crippen LogP contribution in [0, 0.1) is 24.0 Å². The highest BCUT2D eigenvalue weighted by atomic mass is 31.2. The molecule has 0 amide bonds. The number of nitro groups is 1. The average molecular weight is 399 g/mol. The molecule has 3 aromatic rings. The van der Waals surface area contributed by atoms with Crippen LogP contribution in [0.15, 0.2) is 72.8 Å². The van der Waals surface area contributed by atoms with Gasteiger partial charge in [0.1, 0.15) is 17.2 Å². The van der Waals surface area contributed by atoms with E-state index in [2.05, 4.69) is 0 Å². The van der Waals surface area contributed by atoms with Crippen LogP contribution in [0.2, 0.25) is 0 Å². The number of phosphoric ester groups is 1. The molecule has 0 atom stereocenters. The predicted molar refractivity (Wildman–Crippen MR) is 105 cm³/mol. The fourth-order valence-corrected chi connectivity index (χ4v) is 3.52. The zero-order valence-electron chi connectivity index (χ0n) is 15.3. The Hall–Kier alpha value is -3.31. The van der Waals surface area contributed by atoms with Crippen LogP contribution in [0.5, 0.6) is 17.2 Å². The van der Waals surface area contributed by atoms with Crippen molar-refractivity contribution >= 4 is 13.5 Å². The topological polar surface area (TPSA) is 87.9 Å². The maximum absolute atomic E-state index is 13.3. The summed E-state index contributed by atoms with van der Waals surface area (Å²) in [5.74, 6) is 0.735. The first-order valence-corrected chi connectivity index (χ1v) is 9.86. The van der Waals surface area contributed by atoms with Crippen LogP contribution in [0.4, 0.5) is 5.69 Å². The van der Waals surface area contributed by atoms with Gasteiger partial charge in [-0.05, 0) is 50.2 Å². The second kappa shape index (κ2) is 8.15. The van der Waals surface area contributed by atoms with Crippen molar-refractivity contribution in [3.8, 4) is 17.2 Å². The summed E-state index contributed by atoms with van der Waals surface area (Å²) < 4.78 is 29.9. The van der Waals surface area contributed by atoms with Crippen LogP contribution in [0.3, 0.4) is 0 Å². The second-order valence-electron chi connectivity index (χ2n) is 6.10. The van der Waals surface area contributed by atoms with E-state index < -0.39 is 12.7 Å². The van der Waals surface area contributed by atoms with Crippen molar-refractivity contribution in [1.82, 2.24) is 0 Å². The summed E-state index contributed by atoms with van der Waals surface area (Å²) in [7, 11) is -4.12. The number of hydrogen-bond acceptors (Lipinski definition) is 6. The van der Waals surface area contributed by atoms with Crippen LogP contribution in [0.1, 0.15) is 11.1 Å². The molecule has 0 saturated heterocycles. The summed E-state index contributed by atoms with van der Waals surface area (Å²) in [6.45, 7) is 3.83. The molecule has 0 N–H and O–H groups in total. The van der Waals surface area contributed by atoms with Crippen LogP contribution in [-0.4, -0.2) is 4.92 Å². The van der Waals surface area contributed by atoms with E-state index in [9.17, 15) is 14.7 Å². The maximum Gasteiger partial charge on any atom is 0.647 e. The molecule has 0 saturated carbocycles. The Bertz CT molecular complexity index is 949. The summed E-state index contributed by atoms with van der Waals surface area (Å²) in [4.78, 5) is 10.3. The molecule has 0 aliphatic heterocycles. The molecule has 0 aliphatic carbocycles. The van der Waals surface area contributed by atoms with Gasteiger partial charge in [0.25, 0.3) is 5.69 Å². The molecular formula is C20H18NO6P. The lowest BCUT2D eigenvalue weighted by Gasteiger charge is -2.19. The van der Waals surface area contributed by atoms with Gasteiger partial charge in [-0.3, -0.25) is 10.1 Å². The number of nitrogens with zero attached hydrogens (tertiary/aromatic N) is 1. The predicted octanol–water partition coefficient (Wildman–Crippen LogP) is 5.86. The first-order valence-electron chi connectivity index (χ1n) is 8.40. The number of aryl methyl sites for hydroxylation is 2. The van der Waals surface area contributed by atoms with Crippen molar-refractivity contribution < 1.29 is 23.1 Å². The Morgan fingerprint density at radius 2 is 1.00 bits per heavy atom. The number of hydrogen-bond donors (Lipinski definition) is 0. The summed E-state index contributed by atoms with van der Waals surface area (Å²) >= 11 is 0. The Morgan fingerprint density at radius 1 is 0.679 bits per heavy atom. The molecule has 8 heteroatoms. The molecule has 28 heavy (non-hydrogen) atoms. The molecule has 0 radical (unpaired) electrons. The Morgan fingerprint density at radius 3 is 1.32 bits per heavy atom. The number of benzene rings is 3. The molecule has 0 aliphatic rings. The molecule has 144 valence electrons. The minimum absolute atomic E-state index is 0.110. The van der Waals surface area contributed by atoms with Gasteiger partial charge in [-0.1, -0.05) is 35.4 Å². The molecule has 3 rings (SSSR count). The Balaban J connectivity index is 1.88. The number of phosphoric acid groups is 1. The van der Waals surface area contributed by atoms with Crippen LogP contribution in [0.25, 0.3) is 0 Å². The lowest BCUT2D eigenvalue weighted by molar-refractivity contribution is -0.384. The fraction of sp³-hybridized carbons (Fsp3) is 0.100. The van der Waals surface area contributed by atoms with Gasteiger partial charge in [-0.2, -0.15) is 4.57 Å². The van der Waals surface area contributed by atoms with Gasteiger partial charge in [-0.25, -0.2) is 0 Å². The van der Waals surface area contributed by atoms with E-state index in [1.165, 1.54) is 24.3 Å². The van der Waals surface area contributed by atoms with Crippen molar-refractivity contribution in [2.45, 2.75) is 13.8 Å². The number of rotatable bonds is 7. The number of non-ortho nitro benzene ring substituents is 1. The molecule has 0 fully saturated rings. The monoisotopic (exact) mass is 399 g/mol. The zero-order valence-corrected chi connectivity index (χ0v) is 16.2. The van der Waals surface area contributed by atoms with Crippen molar-refractivity contribution in [2.24, 2.45) is 0 Å². The van der Waals surface area contributed by atoms with Crippen LogP contribution in [-0.2, 0) is 4.57 Å². The van der Waals surface area contributed by atoms with Crippen molar-refractivity contribution in [1.29, 1.82) is 0 Å². The lowest BCUT2D eigenvalue weighted by atomic mass is 10.2. The third kappa shape index (κ3) is 5.11. The Kier molecular flexibility index (Phi) is 5.66. The van der Waals surface area contributed by atoms with E-state index in [1.54, 1.807) is 48.5 Å². The van der Waals surface area contributed by atoms with Gasteiger partial charge in [-0.15, -0.1) is 0 Å². The highest BCUT2D eigenvalue weighted by Gasteiger charge is 2.33. The van der Waals surface area contributed by atoms with Crippen LogP contribution < -0.4 is 13.6 Å². The third-order valence-corrected chi connectivity index (χ3v) is 5.04. The largest absolute Gasteiger partial charge is 0.647 e. The minimum Gasteiger partial charge on any atom is -0.386 e. The fourth-order valence-electron chi connectivity index (χ4n) is 2.27. The van der Waals surface area contributed by atoms with Gasteiger partial charge in [0.15, 0.2) is 0 Å². The standard InChI is InChI=1S/C20H18NO6P/c1-15-3-9-18(10-4-15)25-28(24,26-19-11-5-16(2)6-12-19)27-20-13-7-17(8-14-20)21(22)23/h3-14H,1-2H3. The summed E-state index contributed by atoms with van der Waals surface area (Å²) in [6, 6.07) is 19.0. The van der Waals surface area contributed by atoms with Gasteiger partial charge >= 0.3 is 7.82 Å². The van der Waals surface area contributed by atoms with Gasteiger partial charge in [0.2, 0.25) is 0 Å². The minimum atomic E-state index is -4.12. The van der Waals surface area contributed by atoms with Gasteiger partial charge in [0.05, 0.1) is 4.92 Å². The zero-order chi connectivity index (χ0) is 20.1. The first kappa shape index (κ1) is 19.5. The van der Waals surface area contributed by atoms with E-state index >= 15 is 0 Å². The van der Waals surface area contributed by atoms with E-state index in [4.69, 9.17) is 13.6 Å². The van der Waals surface area contributed by atoms with Crippen LogP contribution >= 0.6 is 7.82 Å². The molecule has 0 aromatic heterocycles. The lowest BCUT2D eigenvalue weighted by Crippen LogP contribution is -2.07. The van der Waals surface area contributed by atoms with E-state index in [1.807, 2.05) is 13.8 Å². The molecule has 0 heterocycles. The second-order valence-corrected chi connectivity index (χ2v) is 7.54. The van der Waals surface area contributed by atoms with E-state index in [0.717, 1.165) is 11.1 Å². The highest BCUT2D eigenvalue weighted by Crippen LogP contribution is 2.49. The van der Waals surface area contributed by atoms with E-state index in [0.29, 0.717) is 11.5 Å². The summed E-state index contributed by atoms with van der Waals surface area (Å²) in [5.41, 5.74) is 1.91.